The molecule has 4 heterocycles. The van der Waals surface area contributed by atoms with E-state index < -0.39 is 0 Å². The third-order valence-electron chi connectivity index (χ3n) is 4.58. The second-order valence-corrected chi connectivity index (χ2v) is 7.76. The third-order valence-corrected chi connectivity index (χ3v) is 5.41. The zero-order chi connectivity index (χ0) is 18.1. The normalized spacial score (nSPS) is 15.6. The highest BCUT2D eigenvalue weighted by molar-refractivity contribution is 7.09. The van der Waals surface area contributed by atoms with Crippen LogP contribution in [0.1, 0.15) is 22.1 Å². The van der Waals surface area contributed by atoms with Gasteiger partial charge in [0.1, 0.15) is 5.82 Å². The minimum atomic E-state index is 0.772. The molecular weight excluding hydrogens is 346 g/mol. The minimum absolute atomic E-state index is 0.772. The van der Waals surface area contributed by atoms with Crippen LogP contribution in [0.4, 0.5) is 5.82 Å². The van der Waals surface area contributed by atoms with Crippen molar-refractivity contribution < 1.29 is 0 Å². The molecule has 0 aromatic carbocycles. The summed E-state index contributed by atoms with van der Waals surface area (Å²) in [6.07, 6.45) is 3.61. The molecular formula is C18H23N7S. The fourth-order valence-electron chi connectivity index (χ4n) is 3.31. The number of aromatic nitrogens is 5. The van der Waals surface area contributed by atoms with E-state index in [1.165, 1.54) is 5.69 Å². The number of thiazole rings is 1. The molecule has 136 valence electrons. The molecule has 3 aromatic rings. The molecule has 1 fully saturated rings. The Balaban J connectivity index is 1.43. The molecule has 1 aliphatic heterocycles. The molecule has 1 aliphatic rings. The van der Waals surface area contributed by atoms with Crippen molar-refractivity contribution in [1.29, 1.82) is 0 Å². The van der Waals surface area contributed by atoms with Gasteiger partial charge in [0.15, 0.2) is 5.82 Å². The number of rotatable bonds is 4. The molecule has 0 saturated carbocycles. The van der Waals surface area contributed by atoms with Crippen LogP contribution >= 0.6 is 11.3 Å². The Kier molecular flexibility index (Phi) is 4.69. The van der Waals surface area contributed by atoms with Crippen molar-refractivity contribution in [3.05, 3.63) is 45.9 Å². The number of nitrogens with zero attached hydrogens (tertiary/aromatic N) is 7. The van der Waals surface area contributed by atoms with Crippen LogP contribution in [0.3, 0.4) is 0 Å². The molecule has 0 radical (unpaired) electrons. The van der Waals surface area contributed by atoms with Crippen molar-refractivity contribution in [1.82, 2.24) is 29.6 Å². The number of anilines is 1. The predicted molar refractivity (Wildman–Crippen MR) is 103 cm³/mol. The van der Waals surface area contributed by atoms with Gasteiger partial charge in [-0.25, -0.2) is 14.6 Å². The van der Waals surface area contributed by atoms with Gasteiger partial charge in [-0.15, -0.1) is 11.3 Å². The lowest BCUT2D eigenvalue weighted by molar-refractivity contribution is 0.247. The smallest absolute Gasteiger partial charge is 0.174 e. The maximum absolute atomic E-state index is 4.79. The molecule has 3 aromatic heterocycles. The van der Waals surface area contributed by atoms with E-state index >= 15 is 0 Å². The van der Waals surface area contributed by atoms with Crippen molar-refractivity contribution >= 4 is 17.2 Å². The van der Waals surface area contributed by atoms with Gasteiger partial charge in [0.05, 0.1) is 28.8 Å². The van der Waals surface area contributed by atoms with E-state index in [1.807, 2.05) is 30.8 Å². The van der Waals surface area contributed by atoms with Crippen LogP contribution < -0.4 is 4.90 Å². The van der Waals surface area contributed by atoms with E-state index in [0.29, 0.717) is 0 Å². The summed E-state index contributed by atoms with van der Waals surface area (Å²) in [6.45, 7) is 10.9. The molecule has 0 N–H and O–H groups in total. The molecule has 8 heteroatoms. The minimum Gasteiger partial charge on any atom is -0.353 e. The van der Waals surface area contributed by atoms with Crippen molar-refractivity contribution in [3.8, 4) is 5.82 Å². The topological polar surface area (TPSA) is 63.0 Å². The van der Waals surface area contributed by atoms with Gasteiger partial charge in [0.2, 0.25) is 0 Å². The Morgan fingerprint density at radius 3 is 2.42 bits per heavy atom. The van der Waals surface area contributed by atoms with Gasteiger partial charge in [0.25, 0.3) is 0 Å². The van der Waals surface area contributed by atoms with E-state index in [2.05, 4.69) is 37.2 Å². The van der Waals surface area contributed by atoms with Crippen molar-refractivity contribution in [3.63, 3.8) is 0 Å². The molecule has 0 aliphatic carbocycles. The quantitative estimate of drug-likeness (QED) is 0.704. The first-order valence-corrected chi connectivity index (χ1v) is 9.70. The lowest BCUT2D eigenvalue weighted by Gasteiger charge is -2.34. The lowest BCUT2D eigenvalue weighted by Crippen LogP contribution is -2.46. The fourth-order valence-corrected chi connectivity index (χ4v) is 3.91. The van der Waals surface area contributed by atoms with Gasteiger partial charge in [-0.1, -0.05) is 0 Å². The molecule has 0 amide bonds. The van der Waals surface area contributed by atoms with E-state index in [1.54, 1.807) is 17.5 Å². The number of aryl methyl sites for hydroxylation is 3. The Bertz CT molecular complexity index is 893. The summed E-state index contributed by atoms with van der Waals surface area (Å²) in [4.78, 5) is 18.5. The summed E-state index contributed by atoms with van der Waals surface area (Å²) in [6, 6.07) is 2.05. The number of hydrogen-bond acceptors (Lipinski definition) is 7. The molecule has 0 spiro atoms. The largest absolute Gasteiger partial charge is 0.353 e. The van der Waals surface area contributed by atoms with E-state index in [9.17, 15) is 0 Å². The van der Waals surface area contributed by atoms with Gasteiger partial charge in [-0.05, 0) is 26.8 Å². The SMILES string of the molecule is Cc1cc(C)n(-c2cncc(N3CCN(Cc4csc(C)n4)CC3)n2)n1. The van der Waals surface area contributed by atoms with E-state index in [0.717, 1.165) is 60.8 Å². The van der Waals surface area contributed by atoms with Crippen molar-refractivity contribution in [2.24, 2.45) is 0 Å². The maximum Gasteiger partial charge on any atom is 0.174 e. The molecule has 4 rings (SSSR count). The van der Waals surface area contributed by atoms with E-state index in [4.69, 9.17) is 4.98 Å². The summed E-state index contributed by atoms with van der Waals surface area (Å²) in [5, 5.41) is 7.80. The highest BCUT2D eigenvalue weighted by Crippen LogP contribution is 2.17. The summed E-state index contributed by atoms with van der Waals surface area (Å²) in [7, 11) is 0. The third kappa shape index (κ3) is 3.61. The number of hydrogen-bond donors (Lipinski definition) is 0. The number of piperazine rings is 1. The predicted octanol–water partition coefficient (Wildman–Crippen LogP) is 2.37. The van der Waals surface area contributed by atoms with E-state index in [-0.39, 0.29) is 0 Å². The van der Waals surface area contributed by atoms with Crippen LogP contribution in [-0.2, 0) is 6.54 Å². The van der Waals surface area contributed by atoms with Crippen LogP contribution in [0.15, 0.2) is 23.8 Å². The van der Waals surface area contributed by atoms with Crippen LogP contribution in [0.2, 0.25) is 0 Å². The molecule has 0 bridgehead atoms. The molecule has 26 heavy (non-hydrogen) atoms. The maximum atomic E-state index is 4.79. The first kappa shape index (κ1) is 17.1. The summed E-state index contributed by atoms with van der Waals surface area (Å²) in [5.74, 6) is 1.69. The van der Waals surface area contributed by atoms with Gasteiger partial charge in [-0.3, -0.25) is 9.88 Å². The Morgan fingerprint density at radius 2 is 1.77 bits per heavy atom. The zero-order valence-corrected chi connectivity index (χ0v) is 16.2. The van der Waals surface area contributed by atoms with Gasteiger partial charge in [-0.2, -0.15) is 5.10 Å². The molecule has 0 atom stereocenters. The zero-order valence-electron chi connectivity index (χ0n) is 15.4. The molecule has 1 saturated heterocycles. The first-order valence-electron chi connectivity index (χ1n) is 8.82. The monoisotopic (exact) mass is 369 g/mol. The summed E-state index contributed by atoms with van der Waals surface area (Å²) < 4.78 is 1.85. The van der Waals surface area contributed by atoms with Crippen molar-refractivity contribution in [2.75, 3.05) is 31.1 Å². The summed E-state index contributed by atoms with van der Waals surface area (Å²) in [5.41, 5.74) is 3.23. The van der Waals surface area contributed by atoms with Crippen LogP contribution in [0.5, 0.6) is 0 Å². The van der Waals surface area contributed by atoms with Gasteiger partial charge in [0, 0.05) is 43.8 Å². The second kappa shape index (κ2) is 7.13. The average Bonchev–Trinajstić information content (AvgIpc) is 3.20. The fraction of sp³-hybridized carbons (Fsp3) is 0.444. The van der Waals surface area contributed by atoms with Crippen LogP contribution in [0.25, 0.3) is 5.82 Å². The Labute approximate surface area is 157 Å². The average molecular weight is 369 g/mol. The first-order chi connectivity index (χ1) is 12.6. The standard InChI is InChI=1S/C18H23N7S/c1-13-8-14(2)25(22-13)18-10-19-9-17(21-18)24-6-4-23(5-7-24)11-16-12-26-15(3)20-16/h8-10,12H,4-7,11H2,1-3H3. The van der Waals surface area contributed by atoms with Crippen LogP contribution in [0, 0.1) is 20.8 Å². The summed E-state index contributed by atoms with van der Waals surface area (Å²) >= 11 is 1.72. The van der Waals surface area contributed by atoms with Crippen LogP contribution in [-0.4, -0.2) is 55.8 Å². The lowest BCUT2D eigenvalue weighted by atomic mass is 10.3. The molecule has 0 unspecified atom stereocenters. The second-order valence-electron chi connectivity index (χ2n) is 6.70. The Hall–Kier alpha value is -2.32. The Morgan fingerprint density at radius 1 is 1.00 bits per heavy atom. The van der Waals surface area contributed by atoms with Crippen molar-refractivity contribution in [2.45, 2.75) is 27.3 Å². The highest BCUT2D eigenvalue weighted by Gasteiger charge is 2.19. The molecule has 7 nitrogen and oxygen atoms in total. The van der Waals surface area contributed by atoms with Gasteiger partial charge >= 0.3 is 0 Å². The highest BCUT2D eigenvalue weighted by atomic mass is 32.1. The van der Waals surface area contributed by atoms with Gasteiger partial charge < -0.3 is 4.90 Å².